The topological polar surface area (TPSA) is 337 Å². The molecule has 21 atom stereocenters. The van der Waals surface area contributed by atoms with Crippen LogP contribution in [0.4, 0.5) is 4.79 Å². The Hall–Kier alpha value is -3.56. The van der Waals surface area contributed by atoms with Gasteiger partial charge in [0.2, 0.25) is 23.1 Å². The van der Waals surface area contributed by atoms with Crippen LogP contribution in [0.5, 0.6) is 17.2 Å². The van der Waals surface area contributed by atoms with Crippen LogP contribution in [-0.4, -0.2) is 234 Å². The molecule has 6 aliphatic rings. The number of carbonyl (C=O) groups excluding carboxylic acids is 4. The van der Waals surface area contributed by atoms with E-state index in [2.05, 4.69) is 34.5 Å². The summed E-state index contributed by atoms with van der Waals surface area (Å²) in [6.45, 7) is 10.2. The predicted octanol–water partition coefficient (Wildman–Crippen LogP) is 2.38. The number of hydrogen-bond acceptors (Lipinski definition) is 27. The van der Waals surface area contributed by atoms with Crippen molar-refractivity contribution in [3.63, 3.8) is 0 Å². The van der Waals surface area contributed by atoms with Gasteiger partial charge in [0.05, 0.1) is 102 Å². The van der Waals surface area contributed by atoms with Crippen molar-refractivity contribution < 1.29 is 111 Å². The molecule has 86 heavy (non-hydrogen) atoms. The molecule has 5 fully saturated rings. The fourth-order valence-corrected chi connectivity index (χ4v) is 13.8. The van der Waals surface area contributed by atoms with Crippen LogP contribution >= 0.6 is 56.2 Å². The number of halogens is 1. The number of methoxy groups -OCH3 is 5. The molecule has 478 valence electrons. The van der Waals surface area contributed by atoms with Gasteiger partial charge in [-0.1, -0.05) is 52.3 Å². The summed E-state index contributed by atoms with van der Waals surface area (Å²) >= 11 is 3.26. The molecular formula is C56H76IN3O23S3. The number of fused-ring (bicyclic) bond motifs is 2. The molecule has 30 heteroatoms. The summed E-state index contributed by atoms with van der Waals surface area (Å²) in [5.74, 6) is 9.47. The number of likely N-dealkylation sites (N-methyl/N-ethyl adjacent to an activating group) is 1. The molecule has 26 nitrogen and oxygen atoms in total. The van der Waals surface area contributed by atoms with E-state index in [9.17, 15) is 49.3 Å². The van der Waals surface area contributed by atoms with E-state index in [1.54, 1.807) is 38.7 Å². The van der Waals surface area contributed by atoms with Crippen LogP contribution < -0.4 is 25.0 Å². The van der Waals surface area contributed by atoms with Gasteiger partial charge >= 0.3 is 6.09 Å². The average Bonchev–Trinajstić information content (AvgIpc) is 1.05. The molecule has 2 bridgehead atoms. The SMILES string of the molecule is CCN(C(C)=O)C1COC(OC2C(O[C@H]3C#C/C=C\C#C[C@]4(O)CC(=O)C(NC(=O)OC)C3/C4=C\CSSO)OC(C)C(NOC3CC(O)C(SC(=O)c4c(C)c(I)c(OC5OC(C)C(O)C(OC)C5O)c(OC)c4OC)C(C)O3)C2O)CC1OC. The number of amides is 2. The molecule has 4 heterocycles. The Balaban J connectivity index is 1.12. The number of aliphatic hydroxyl groups excluding tert-OH is 4. The van der Waals surface area contributed by atoms with Crippen molar-refractivity contribution in [2.75, 3.05) is 54.5 Å². The van der Waals surface area contributed by atoms with E-state index in [1.807, 2.05) is 29.5 Å². The Morgan fingerprint density at radius 3 is 2.23 bits per heavy atom. The first kappa shape index (κ1) is 69.9. The van der Waals surface area contributed by atoms with Crippen molar-refractivity contribution in [3.05, 3.63) is 38.5 Å². The van der Waals surface area contributed by atoms with Crippen molar-refractivity contribution in [1.29, 1.82) is 0 Å². The molecule has 4 saturated heterocycles. The Bertz CT molecular complexity index is 2750. The summed E-state index contributed by atoms with van der Waals surface area (Å²) < 4.78 is 82.2. The number of alkyl carbamates (subject to hydrolysis) is 1. The maximum absolute atomic E-state index is 14.4. The summed E-state index contributed by atoms with van der Waals surface area (Å²) in [7, 11) is 7.67. The van der Waals surface area contributed by atoms with Crippen LogP contribution in [0.3, 0.4) is 0 Å². The summed E-state index contributed by atoms with van der Waals surface area (Å²) in [6, 6.07) is -3.05. The van der Waals surface area contributed by atoms with Crippen LogP contribution in [0.1, 0.15) is 69.8 Å². The number of nitrogens with one attached hydrogen (secondary N) is 2. The minimum Gasteiger partial charge on any atom is -0.492 e. The van der Waals surface area contributed by atoms with Crippen molar-refractivity contribution in [1.82, 2.24) is 15.7 Å². The zero-order chi connectivity index (χ0) is 62.9. The molecule has 1 saturated carbocycles. The van der Waals surface area contributed by atoms with Crippen molar-refractivity contribution in [2.24, 2.45) is 5.92 Å². The smallest absolute Gasteiger partial charge is 0.407 e. The van der Waals surface area contributed by atoms with Gasteiger partial charge in [-0.15, -0.1) is 0 Å². The highest BCUT2D eigenvalue weighted by Gasteiger charge is 2.55. The lowest BCUT2D eigenvalue weighted by molar-refractivity contribution is -0.340. The third-order valence-corrected chi connectivity index (χ3v) is 19.6. The number of hydrogen-bond donors (Lipinski definition) is 8. The van der Waals surface area contributed by atoms with E-state index in [0.29, 0.717) is 26.8 Å². The molecule has 1 aromatic rings. The summed E-state index contributed by atoms with van der Waals surface area (Å²) in [6.07, 6.45) is -14.9. The molecule has 0 aromatic heterocycles. The maximum atomic E-state index is 14.4. The Kier molecular flexibility index (Phi) is 25.6. The fourth-order valence-electron chi connectivity index (χ4n) is 11.4. The van der Waals surface area contributed by atoms with Gasteiger partial charge in [-0.25, -0.2) is 4.79 Å². The van der Waals surface area contributed by atoms with Crippen LogP contribution in [0.2, 0.25) is 0 Å². The zero-order valence-electron chi connectivity index (χ0n) is 49.2. The normalized spacial score (nSPS) is 37.0. The lowest BCUT2D eigenvalue weighted by atomic mass is 9.68. The number of carbonyl (C=O) groups is 4. The monoisotopic (exact) mass is 1380 g/mol. The van der Waals surface area contributed by atoms with Crippen molar-refractivity contribution >= 4 is 79.1 Å². The van der Waals surface area contributed by atoms with E-state index in [0.717, 1.165) is 29.7 Å². The third kappa shape index (κ3) is 15.6. The van der Waals surface area contributed by atoms with Crippen LogP contribution in [0.15, 0.2) is 23.8 Å². The van der Waals surface area contributed by atoms with Gasteiger partial charge in [-0.2, -0.15) is 5.48 Å². The van der Waals surface area contributed by atoms with Crippen LogP contribution in [0, 0.1) is 40.1 Å². The van der Waals surface area contributed by atoms with Gasteiger partial charge < -0.3 is 97.1 Å². The quantitative estimate of drug-likeness (QED) is 0.0167. The van der Waals surface area contributed by atoms with Gasteiger partial charge in [0.1, 0.15) is 42.7 Å². The minimum absolute atomic E-state index is 0.0100. The Morgan fingerprint density at radius 2 is 1.59 bits per heavy atom. The first-order valence-electron chi connectivity index (χ1n) is 27.6. The van der Waals surface area contributed by atoms with Gasteiger partial charge in [0.15, 0.2) is 41.8 Å². The molecule has 0 radical (unpaired) electrons. The second kappa shape index (κ2) is 31.5. The summed E-state index contributed by atoms with van der Waals surface area (Å²) in [5, 5.41) is 59.3. The minimum atomic E-state index is -2.10. The number of benzene rings is 1. The molecule has 19 unspecified atom stereocenters. The lowest BCUT2D eigenvalue weighted by Crippen LogP contribution is -2.66. The molecule has 4 aliphatic heterocycles. The van der Waals surface area contributed by atoms with E-state index < -0.39 is 151 Å². The van der Waals surface area contributed by atoms with Gasteiger partial charge in [-0.3, -0.25) is 19.2 Å². The second-order valence-electron chi connectivity index (χ2n) is 21.0. The van der Waals surface area contributed by atoms with E-state index in [4.69, 9.17) is 61.7 Å². The van der Waals surface area contributed by atoms with Crippen LogP contribution in [0.25, 0.3) is 0 Å². The molecule has 8 N–H and O–H groups in total. The Labute approximate surface area is 524 Å². The molecule has 2 aliphatic carbocycles. The number of ketones is 1. The number of aliphatic hydroxyl groups is 5. The van der Waals surface area contributed by atoms with E-state index in [1.165, 1.54) is 47.5 Å². The van der Waals surface area contributed by atoms with E-state index >= 15 is 0 Å². The highest BCUT2D eigenvalue weighted by molar-refractivity contribution is 14.1. The molecule has 0 spiro atoms. The highest BCUT2D eigenvalue weighted by atomic mass is 127. The number of thioether (sulfide) groups is 1. The lowest BCUT2D eigenvalue weighted by Gasteiger charge is -2.48. The van der Waals surface area contributed by atoms with E-state index in [-0.39, 0.29) is 59.5 Å². The largest absolute Gasteiger partial charge is 0.492 e. The van der Waals surface area contributed by atoms with Crippen LogP contribution in [-0.2, 0) is 57.1 Å². The highest BCUT2D eigenvalue weighted by Crippen LogP contribution is 2.49. The number of nitrogens with zero attached hydrogens (tertiary/aromatic N) is 1. The second-order valence-corrected chi connectivity index (χ2v) is 25.1. The molecule has 1 aromatic carbocycles. The van der Waals surface area contributed by atoms with Crippen molar-refractivity contribution in [2.45, 2.75) is 182 Å². The maximum Gasteiger partial charge on any atom is 0.407 e. The fraction of sp³-hybridized carbons (Fsp3) is 0.679. The average molecular weight is 1380 g/mol. The number of hydroxylamine groups is 1. The number of rotatable bonds is 21. The van der Waals surface area contributed by atoms with Gasteiger partial charge in [0.25, 0.3) is 0 Å². The number of ether oxygens (including phenoxy) is 12. The van der Waals surface area contributed by atoms with Gasteiger partial charge in [-0.05, 0) is 80.5 Å². The van der Waals surface area contributed by atoms with Crippen molar-refractivity contribution in [3.8, 4) is 40.9 Å². The first-order valence-corrected chi connectivity index (χ1v) is 31.8. The zero-order valence-corrected chi connectivity index (χ0v) is 53.8. The molecule has 7 rings (SSSR count). The standard InChI is InChI=1S/C56H76IN3O23S3/c1-12-60(29(6)61)31-24-76-36(22-35(31)71-7)81-49-44(65)41(26(3)78-54(49)80-34-17-15-13-14-16-19-56(69)23-33(63)42(58-55(68)75-11)39(34)30(56)18-20-84-86-70)59-83-37-21-32(62)51(28(5)77-37)85-52(67)38-25(2)40(57)47(50(74-10)46(38)72-8)82-53-45(66)48(73-9)43(64)27(4)79-53/h13-14,18,26-28,31-32,34-37,39,41-45,48-49,51,53-54,59,62,64-66,69-70H,12,20-24H2,1-11H3,(H,58,68)/b14-13-,30-18+/t26?,27?,28?,31?,32?,34-,35?,36?,37?,39?,41?,42?,43?,44?,45?,48?,49?,51?,53?,54?,56-/m0/s1. The summed E-state index contributed by atoms with van der Waals surface area (Å²) in [4.78, 5) is 61.9. The molecule has 2 amide bonds. The summed E-state index contributed by atoms with van der Waals surface area (Å²) in [5.41, 5.74) is 1.44. The predicted molar refractivity (Wildman–Crippen MR) is 318 cm³/mol. The Morgan fingerprint density at radius 1 is 0.884 bits per heavy atom. The van der Waals surface area contributed by atoms with Gasteiger partial charge in [0, 0.05) is 52.2 Å². The first-order chi connectivity index (χ1) is 41.0. The molecular weight excluding hydrogens is 1310 g/mol. The number of allylic oxidation sites excluding steroid dienone is 2. The third-order valence-electron chi connectivity index (χ3n) is 15.8. The number of Topliss-reactive ketones (excluding diaryl/α,β-unsaturated/α-hetero) is 1.